The number of H-pyrrole nitrogens is 3. The number of aliphatic imine (C=N–C) groups is 1. The first kappa shape index (κ1) is 29.5. The number of rotatable bonds is 4. The van der Waals surface area contributed by atoms with Gasteiger partial charge in [0.15, 0.2) is 0 Å². The van der Waals surface area contributed by atoms with Crippen LogP contribution >= 0.6 is 0 Å². The van der Waals surface area contributed by atoms with Crippen LogP contribution in [0.3, 0.4) is 0 Å². The smallest absolute Gasteiger partial charge is 0.0737 e. The van der Waals surface area contributed by atoms with Crippen molar-refractivity contribution < 1.29 is 0 Å². The number of aromatic amines is 3. The Balaban J connectivity index is 1.44. The highest BCUT2D eigenvalue weighted by molar-refractivity contribution is 6.30. The van der Waals surface area contributed by atoms with E-state index in [4.69, 9.17) is 10.7 Å². The maximum absolute atomic E-state index is 7.32. The lowest BCUT2D eigenvalue weighted by Gasteiger charge is -2.30. The minimum absolute atomic E-state index is 0.612. The number of fused-ring (bicyclic) bond motifs is 7. The summed E-state index contributed by atoms with van der Waals surface area (Å²) in [6.07, 6.45) is 6.35. The maximum Gasteiger partial charge on any atom is 0.0737 e. The van der Waals surface area contributed by atoms with Crippen LogP contribution < -0.4 is 16.4 Å². The molecule has 2 aliphatic heterocycles. The molecule has 9 rings (SSSR count). The third-order valence-corrected chi connectivity index (χ3v) is 10.1. The average molecular weight is 646 g/mol. The number of hydrogen-bond donors (Lipinski definition) is 4. The van der Waals surface area contributed by atoms with Gasteiger partial charge in [-0.2, -0.15) is 0 Å². The summed E-state index contributed by atoms with van der Waals surface area (Å²) >= 11 is 0. The molecule has 4 aromatic carbocycles. The Morgan fingerprint density at radius 3 is 1.76 bits per heavy atom. The van der Waals surface area contributed by atoms with E-state index in [9.17, 15) is 0 Å². The SMILES string of the molecule is C[C@]1(c2ccccc2)c2ccc([nH]2)/C(c2ccccc2)=C2/C=CC(=N2)/C(c2ccccc2)=c2/cc/c([nH]2)=C(\c2ccccc2)c2[nH]cc1c2N. The molecular weight excluding hydrogens is 611 g/mol. The Morgan fingerprint density at radius 1 is 0.560 bits per heavy atom. The molecule has 240 valence electrons. The molecule has 50 heavy (non-hydrogen) atoms. The topological polar surface area (TPSA) is 85.8 Å². The molecule has 0 saturated heterocycles. The minimum Gasteiger partial charge on any atom is -0.397 e. The molecule has 1 atom stereocenters. The van der Waals surface area contributed by atoms with Gasteiger partial charge in [0.25, 0.3) is 0 Å². The summed E-state index contributed by atoms with van der Waals surface area (Å²) in [5.74, 6) is 0. The molecule has 2 aliphatic rings. The van der Waals surface area contributed by atoms with Crippen LogP contribution in [0, 0.1) is 0 Å². The van der Waals surface area contributed by atoms with Gasteiger partial charge in [-0.15, -0.1) is 0 Å². The predicted molar refractivity (Wildman–Crippen MR) is 204 cm³/mol. The van der Waals surface area contributed by atoms with Crippen LogP contribution in [0.25, 0.3) is 16.7 Å². The summed E-state index contributed by atoms with van der Waals surface area (Å²) in [6, 6.07) is 50.7. The number of aromatic nitrogens is 3. The number of hydrogen-bond acceptors (Lipinski definition) is 2. The van der Waals surface area contributed by atoms with E-state index >= 15 is 0 Å². The van der Waals surface area contributed by atoms with Crippen molar-refractivity contribution in [3.8, 4) is 0 Å². The van der Waals surface area contributed by atoms with E-state index in [-0.39, 0.29) is 0 Å². The molecule has 5 nitrogen and oxygen atoms in total. The molecule has 0 amide bonds. The zero-order valence-electron chi connectivity index (χ0n) is 27.6. The third kappa shape index (κ3) is 4.74. The highest BCUT2D eigenvalue weighted by Crippen LogP contribution is 2.44. The quantitative estimate of drug-likeness (QED) is 0.155. The summed E-state index contributed by atoms with van der Waals surface area (Å²) in [4.78, 5) is 16.7. The molecule has 0 fully saturated rings. The van der Waals surface area contributed by atoms with Crippen molar-refractivity contribution in [2.75, 3.05) is 5.73 Å². The lowest BCUT2D eigenvalue weighted by Crippen LogP contribution is -2.26. The third-order valence-electron chi connectivity index (χ3n) is 10.1. The fourth-order valence-electron chi connectivity index (χ4n) is 7.57. The highest BCUT2D eigenvalue weighted by Gasteiger charge is 2.37. The van der Waals surface area contributed by atoms with Gasteiger partial charge < -0.3 is 20.7 Å². The molecule has 3 aromatic heterocycles. The molecule has 8 bridgehead atoms. The number of benzene rings is 4. The van der Waals surface area contributed by atoms with Gasteiger partial charge in [0, 0.05) is 50.6 Å². The van der Waals surface area contributed by atoms with Crippen molar-refractivity contribution in [1.82, 2.24) is 15.0 Å². The number of nitrogens with two attached hydrogens (primary N) is 1. The van der Waals surface area contributed by atoms with E-state index in [0.29, 0.717) is 5.69 Å². The Kier molecular flexibility index (Phi) is 6.99. The van der Waals surface area contributed by atoms with E-state index in [0.717, 1.165) is 83.7 Å². The number of allylic oxidation sites excluding steroid dienone is 2. The van der Waals surface area contributed by atoms with Gasteiger partial charge in [0.2, 0.25) is 0 Å². The van der Waals surface area contributed by atoms with Gasteiger partial charge in [-0.05, 0) is 65.6 Å². The normalized spacial score (nSPS) is 20.5. The van der Waals surface area contributed by atoms with Crippen LogP contribution in [-0.2, 0) is 5.41 Å². The van der Waals surface area contributed by atoms with Gasteiger partial charge in [-0.3, -0.25) is 0 Å². The van der Waals surface area contributed by atoms with E-state index in [2.05, 4.69) is 168 Å². The van der Waals surface area contributed by atoms with Gasteiger partial charge in [-0.25, -0.2) is 4.99 Å². The van der Waals surface area contributed by atoms with Crippen molar-refractivity contribution >= 4 is 28.1 Å². The molecule has 5 heteroatoms. The van der Waals surface area contributed by atoms with E-state index < -0.39 is 5.41 Å². The number of nitrogens with zero attached hydrogens (tertiary/aromatic N) is 1. The molecule has 0 unspecified atom stereocenters. The van der Waals surface area contributed by atoms with Crippen LogP contribution in [0.15, 0.2) is 175 Å². The molecular formula is C45H35N5. The van der Waals surface area contributed by atoms with Crippen molar-refractivity contribution in [3.05, 3.63) is 225 Å². The second kappa shape index (κ2) is 11.8. The Morgan fingerprint density at radius 2 is 1.12 bits per heavy atom. The van der Waals surface area contributed by atoms with Crippen molar-refractivity contribution in [2.45, 2.75) is 12.3 Å². The molecule has 0 spiro atoms. The van der Waals surface area contributed by atoms with Gasteiger partial charge in [0.05, 0.1) is 28.2 Å². The van der Waals surface area contributed by atoms with Crippen LogP contribution in [0.2, 0.25) is 0 Å². The standard InChI is InChI=1S/C45H35N5/c1-45(32-20-12-5-13-21-32)33-28-47-44(43(33)46)42(31-18-10-4-11-19-31)38-25-24-35(49-38)40(29-14-6-2-7-15-29)34-22-23-36(48-34)41(30-16-8-3-9-17-30)37-26-27-39(45)50-37/h2-28,47,49-50H,46H2,1H3/b40-35-,41-36-,42-38-/t45-/m1/s1. The average Bonchev–Trinajstić information content (AvgIpc) is 4.00. The maximum atomic E-state index is 7.32. The van der Waals surface area contributed by atoms with Gasteiger partial charge in [-0.1, -0.05) is 121 Å². The van der Waals surface area contributed by atoms with Crippen LogP contribution in [0.1, 0.15) is 51.8 Å². The summed E-state index contributed by atoms with van der Waals surface area (Å²) < 4.78 is 0. The van der Waals surface area contributed by atoms with Gasteiger partial charge in [0.1, 0.15) is 0 Å². The molecule has 0 saturated carbocycles. The van der Waals surface area contributed by atoms with E-state index in [1.54, 1.807) is 0 Å². The second-order valence-electron chi connectivity index (χ2n) is 13.0. The summed E-state index contributed by atoms with van der Waals surface area (Å²) in [5.41, 5.74) is 20.5. The number of nitrogen functional groups attached to an aromatic ring is 1. The van der Waals surface area contributed by atoms with E-state index in [1.807, 2.05) is 18.2 Å². The van der Waals surface area contributed by atoms with Crippen LogP contribution in [0.5, 0.6) is 0 Å². The molecule has 5 N–H and O–H groups in total. The lowest BCUT2D eigenvalue weighted by atomic mass is 9.74. The highest BCUT2D eigenvalue weighted by atomic mass is 14.8. The fourth-order valence-corrected chi connectivity index (χ4v) is 7.57. The minimum atomic E-state index is -0.612. The molecule has 0 radical (unpaired) electrons. The fraction of sp³-hybridized carbons (Fsp3) is 0.0444. The number of nitrogens with one attached hydrogen (secondary N) is 3. The Labute approximate surface area is 290 Å². The Hall–Kier alpha value is -6.59. The summed E-state index contributed by atoms with van der Waals surface area (Å²) in [5, 5.41) is 1.93. The first-order valence-electron chi connectivity index (χ1n) is 16.9. The van der Waals surface area contributed by atoms with E-state index in [1.165, 1.54) is 0 Å². The zero-order valence-corrected chi connectivity index (χ0v) is 27.6. The molecule has 7 aromatic rings. The van der Waals surface area contributed by atoms with Crippen molar-refractivity contribution in [2.24, 2.45) is 4.99 Å². The summed E-state index contributed by atoms with van der Waals surface area (Å²) in [7, 11) is 0. The van der Waals surface area contributed by atoms with Crippen LogP contribution in [0.4, 0.5) is 5.69 Å². The first-order chi connectivity index (χ1) is 24.6. The molecule has 5 heterocycles. The van der Waals surface area contributed by atoms with Crippen molar-refractivity contribution in [1.29, 1.82) is 0 Å². The monoisotopic (exact) mass is 645 g/mol. The second-order valence-corrected chi connectivity index (χ2v) is 13.0. The Bertz CT molecular complexity index is 2580. The zero-order chi connectivity index (χ0) is 33.7. The largest absolute Gasteiger partial charge is 0.397 e. The molecule has 0 aliphatic carbocycles. The summed E-state index contributed by atoms with van der Waals surface area (Å²) in [6.45, 7) is 2.25. The first-order valence-corrected chi connectivity index (χ1v) is 16.9. The number of anilines is 1. The van der Waals surface area contributed by atoms with Crippen LogP contribution in [-0.4, -0.2) is 20.7 Å². The van der Waals surface area contributed by atoms with Crippen molar-refractivity contribution in [3.63, 3.8) is 0 Å². The predicted octanol–water partition coefficient (Wildman–Crippen LogP) is 7.84. The van der Waals surface area contributed by atoms with Gasteiger partial charge >= 0.3 is 0 Å². The lowest BCUT2D eigenvalue weighted by molar-refractivity contribution is 0.673.